The number of nitrogen functional groups attached to an aromatic ring is 1. The number of rotatable bonds is 6. The number of benzene rings is 2. The largest absolute Gasteiger partial charge is 0.478 e. The van der Waals surface area contributed by atoms with E-state index in [0.29, 0.717) is 22.5 Å². The number of anilines is 2. The first kappa shape index (κ1) is 15.8. The van der Waals surface area contributed by atoms with E-state index in [0.717, 1.165) is 0 Å². The van der Waals surface area contributed by atoms with E-state index < -0.39 is 12.1 Å². The summed E-state index contributed by atoms with van der Waals surface area (Å²) in [5.74, 6) is -1.03. The van der Waals surface area contributed by atoms with E-state index in [9.17, 15) is 15.0 Å². The highest BCUT2D eigenvalue weighted by Crippen LogP contribution is 2.32. The Morgan fingerprint density at radius 1 is 1.18 bits per heavy atom. The van der Waals surface area contributed by atoms with Crippen LogP contribution >= 0.6 is 0 Å². The van der Waals surface area contributed by atoms with Crippen LogP contribution in [0.5, 0.6) is 0 Å². The molecule has 0 saturated heterocycles. The molecule has 22 heavy (non-hydrogen) atoms. The lowest BCUT2D eigenvalue weighted by atomic mass is 9.97. The number of aliphatic hydroxyl groups excluding tert-OH is 2. The fourth-order valence-electron chi connectivity index (χ4n) is 2.14. The lowest BCUT2D eigenvalue weighted by Gasteiger charge is -2.16. The predicted molar refractivity (Wildman–Crippen MR) is 84.8 cm³/mol. The van der Waals surface area contributed by atoms with Crippen LogP contribution in [0, 0.1) is 0 Å². The van der Waals surface area contributed by atoms with Crippen molar-refractivity contribution in [2.24, 2.45) is 0 Å². The van der Waals surface area contributed by atoms with Gasteiger partial charge in [-0.25, -0.2) is 4.79 Å². The summed E-state index contributed by atoms with van der Waals surface area (Å²) in [5.41, 5.74) is 8.27. The molecule has 2 aromatic rings. The maximum absolute atomic E-state index is 11.4. The van der Waals surface area contributed by atoms with E-state index in [-0.39, 0.29) is 18.7 Å². The number of hydrogen-bond acceptors (Lipinski definition) is 5. The fraction of sp³-hybridized carbons (Fsp3) is 0.188. The molecule has 0 heterocycles. The molecule has 0 amide bonds. The third-order valence-corrected chi connectivity index (χ3v) is 3.23. The maximum atomic E-state index is 11.4. The van der Waals surface area contributed by atoms with Gasteiger partial charge in [0.25, 0.3) is 0 Å². The summed E-state index contributed by atoms with van der Waals surface area (Å²) in [6.07, 6.45) is -0.903. The standard InChI is InChI=1S/C16H18N2O4/c17-10-5-6-15(18-8-11(20)9-19)14(7-10)12-3-1-2-4-13(12)16(21)22/h1-7,11,18-20H,8-9,17H2,(H,21,22). The highest BCUT2D eigenvalue weighted by atomic mass is 16.4. The average molecular weight is 302 g/mol. The van der Waals surface area contributed by atoms with Gasteiger partial charge in [0.2, 0.25) is 0 Å². The fourth-order valence-corrected chi connectivity index (χ4v) is 2.14. The number of carboxylic acids is 1. The molecule has 0 bridgehead atoms. The number of aliphatic hydroxyl groups is 2. The van der Waals surface area contributed by atoms with Gasteiger partial charge in [-0.3, -0.25) is 0 Å². The smallest absolute Gasteiger partial charge is 0.336 e. The molecule has 0 fully saturated rings. The highest BCUT2D eigenvalue weighted by molar-refractivity contribution is 5.98. The van der Waals surface area contributed by atoms with Crippen LogP contribution in [0.4, 0.5) is 11.4 Å². The normalized spacial score (nSPS) is 11.9. The molecule has 6 N–H and O–H groups in total. The molecule has 0 aliphatic heterocycles. The summed E-state index contributed by atoms with van der Waals surface area (Å²) in [7, 11) is 0. The molecule has 0 aromatic heterocycles. The van der Waals surface area contributed by atoms with Gasteiger partial charge in [0.05, 0.1) is 18.3 Å². The minimum atomic E-state index is -1.03. The lowest BCUT2D eigenvalue weighted by molar-refractivity contribution is 0.0697. The molecule has 1 atom stereocenters. The van der Waals surface area contributed by atoms with Crippen molar-refractivity contribution < 1.29 is 20.1 Å². The van der Waals surface area contributed by atoms with E-state index >= 15 is 0 Å². The predicted octanol–water partition coefficient (Wildman–Crippen LogP) is 1.40. The van der Waals surface area contributed by atoms with Crippen molar-refractivity contribution in [1.82, 2.24) is 0 Å². The van der Waals surface area contributed by atoms with Crippen molar-refractivity contribution in [2.45, 2.75) is 6.10 Å². The Balaban J connectivity index is 2.46. The van der Waals surface area contributed by atoms with E-state index in [2.05, 4.69) is 5.32 Å². The van der Waals surface area contributed by atoms with Crippen molar-refractivity contribution in [3.8, 4) is 11.1 Å². The van der Waals surface area contributed by atoms with Crippen molar-refractivity contribution in [2.75, 3.05) is 24.2 Å². The SMILES string of the molecule is Nc1ccc(NCC(O)CO)c(-c2ccccc2C(=O)O)c1. The zero-order chi connectivity index (χ0) is 16.1. The van der Waals surface area contributed by atoms with Crippen molar-refractivity contribution in [3.63, 3.8) is 0 Å². The molecular formula is C16H18N2O4. The second-order valence-corrected chi connectivity index (χ2v) is 4.87. The average Bonchev–Trinajstić information content (AvgIpc) is 2.53. The van der Waals surface area contributed by atoms with Crippen LogP contribution in [0.1, 0.15) is 10.4 Å². The molecule has 1 unspecified atom stereocenters. The van der Waals surface area contributed by atoms with Crippen LogP contribution < -0.4 is 11.1 Å². The monoisotopic (exact) mass is 302 g/mol. The summed E-state index contributed by atoms with van der Waals surface area (Å²) in [5, 5.41) is 30.6. The van der Waals surface area contributed by atoms with Crippen LogP contribution in [-0.2, 0) is 0 Å². The van der Waals surface area contributed by atoms with Crippen molar-refractivity contribution >= 4 is 17.3 Å². The van der Waals surface area contributed by atoms with Gasteiger partial charge >= 0.3 is 5.97 Å². The second-order valence-electron chi connectivity index (χ2n) is 4.87. The van der Waals surface area contributed by atoms with E-state index in [4.69, 9.17) is 10.8 Å². The Hall–Kier alpha value is -2.57. The van der Waals surface area contributed by atoms with Crippen LogP contribution in [0.3, 0.4) is 0 Å². The first-order chi connectivity index (χ1) is 10.5. The first-order valence-corrected chi connectivity index (χ1v) is 6.78. The summed E-state index contributed by atoms with van der Waals surface area (Å²) < 4.78 is 0. The number of carbonyl (C=O) groups is 1. The minimum absolute atomic E-state index is 0.142. The lowest BCUT2D eigenvalue weighted by Crippen LogP contribution is -2.23. The molecule has 6 nitrogen and oxygen atoms in total. The Kier molecular flexibility index (Phi) is 4.98. The van der Waals surface area contributed by atoms with E-state index in [1.807, 2.05) is 0 Å². The molecule has 0 aliphatic rings. The highest BCUT2D eigenvalue weighted by Gasteiger charge is 2.14. The van der Waals surface area contributed by atoms with Gasteiger partial charge in [-0.15, -0.1) is 0 Å². The van der Waals surface area contributed by atoms with Crippen molar-refractivity contribution in [1.29, 1.82) is 0 Å². The Labute approximate surface area is 127 Å². The molecule has 116 valence electrons. The third-order valence-electron chi connectivity index (χ3n) is 3.23. The van der Waals surface area contributed by atoms with Crippen molar-refractivity contribution in [3.05, 3.63) is 48.0 Å². The molecule has 0 aliphatic carbocycles. The van der Waals surface area contributed by atoms with Gasteiger partial charge in [-0.2, -0.15) is 0 Å². The van der Waals surface area contributed by atoms with Crippen LogP contribution in [0.25, 0.3) is 11.1 Å². The van der Waals surface area contributed by atoms with E-state index in [1.165, 1.54) is 6.07 Å². The molecule has 2 aromatic carbocycles. The van der Waals surface area contributed by atoms with Gasteiger partial charge in [0.1, 0.15) is 0 Å². The zero-order valence-electron chi connectivity index (χ0n) is 11.9. The molecule has 0 saturated carbocycles. The van der Waals surface area contributed by atoms with Gasteiger partial charge in [-0.1, -0.05) is 18.2 Å². The number of carboxylic acid groups (broad SMARTS) is 1. The van der Waals surface area contributed by atoms with Crippen LogP contribution in [0.2, 0.25) is 0 Å². The van der Waals surface area contributed by atoms with Gasteiger partial charge in [-0.05, 0) is 29.8 Å². The molecule has 0 spiro atoms. The topological polar surface area (TPSA) is 116 Å². The third kappa shape index (κ3) is 3.55. The van der Waals surface area contributed by atoms with Crippen LogP contribution in [0.15, 0.2) is 42.5 Å². The summed E-state index contributed by atoms with van der Waals surface area (Å²) >= 11 is 0. The summed E-state index contributed by atoms with van der Waals surface area (Å²) in [6, 6.07) is 11.7. The van der Waals surface area contributed by atoms with Gasteiger partial charge < -0.3 is 26.4 Å². The van der Waals surface area contributed by atoms with Gasteiger partial charge in [0, 0.05) is 23.5 Å². The molecule has 2 rings (SSSR count). The van der Waals surface area contributed by atoms with Crippen LogP contribution in [-0.4, -0.2) is 40.5 Å². The molecule has 0 radical (unpaired) electrons. The zero-order valence-corrected chi connectivity index (χ0v) is 11.9. The Morgan fingerprint density at radius 2 is 1.91 bits per heavy atom. The minimum Gasteiger partial charge on any atom is -0.478 e. The van der Waals surface area contributed by atoms with Gasteiger partial charge in [0.15, 0.2) is 0 Å². The Bertz CT molecular complexity index is 673. The maximum Gasteiger partial charge on any atom is 0.336 e. The van der Waals surface area contributed by atoms with E-state index in [1.54, 1.807) is 36.4 Å². The number of aromatic carboxylic acids is 1. The summed E-state index contributed by atoms with van der Waals surface area (Å²) in [6.45, 7) is -0.217. The summed E-state index contributed by atoms with van der Waals surface area (Å²) in [4.78, 5) is 11.4. The Morgan fingerprint density at radius 3 is 2.59 bits per heavy atom. The second kappa shape index (κ2) is 6.93. The molecule has 6 heteroatoms. The number of hydrogen-bond donors (Lipinski definition) is 5. The number of nitrogens with two attached hydrogens (primary N) is 1. The first-order valence-electron chi connectivity index (χ1n) is 6.78. The number of nitrogens with one attached hydrogen (secondary N) is 1. The quantitative estimate of drug-likeness (QED) is 0.515. The molecular weight excluding hydrogens is 284 g/mol.